The second-order valence-electron chi connectivity index (χ2n) is 2.99. The zero-order chi connectivity index (χ0) is 12.2. The Hall–Kier alpha value is -1.60. The quantitative estimate of drug-likeness (QED) is 0.686. The van der Waals surface area contributed by atoms with Crippen molar-refractivity contribution in [2.75, 3.05) is 7.05 Å². The Morgan fingerprint density at radius 1 is 1.31 bits per heavy atom. The van der Waals surface area contributed by atoms with Gasteiger partial charge in [-0.05, 0) is 17.7 Å². The first-order chi connectivity index (χ1) is 7.49. The molecule has 7 heteroatoms. The summed E-state index contributed by atoms with van der Waals surface area (Å²) in [5.41, 5.74) is 0.596. The molecule has 6 nitrogen and oxygen atoms in total. The summed E-state index contributed by atoms with van der Waals surface area (Å²) >= 11 is 0. The van der Waals surface area contributed by atoms with Gasteiger partial charge in [0.1, 0.15) is 0 Å². The maximum Gasteiger partial charge on any atom is 0.328 e. The number of hydrogen-bond acceptors (Lipinski definition) is 4. The van der Waals surface area contributed by atoms with Crippen LogP contribution in [0.4, 0.5) is 4.79 Å². The van der Waals surface area contributed by atoms with Gasteiger partial charge < -0.3 is 10.4 Å². The smallest absolute Gasteiger partial charge is 0.328 e. The molecule has 0 radical (unpaired) electrons. The van der Waals surface area contributed by atoms with E-state index in [1.807, 2.05) is 4.72 Å². The van der Waals surface area contributed by atoms with Gasteiger partial charge in [0.05, 0.1) is 11.5 Å². The number of hydrogen-bond donors (Lipinski definition) is 3. The second-order valence-corrected chi connectivity index (χ2v) is 4.67. The van der Waals surface area contributed by atoms with Crippen LogP contribution in [0, 0.1) is 0 Å². The molecular weight excluding hydrogens is 232 g/mol. The first-order valence-corrected chi connectivity index (χ1v) is 5.92. The molecule has 0 saturated heterocycles. The van der Waals surface area contributed by atoms with Crippen LogP contribution in [0.3, 0.4) is 0 Å². The number of rotatable bonds is 3. The van der Waals surface area contributed by atoms with Gasteiger partial charge in [-0.25, -0.2) is 17.9 Å². The lowest BCUT2D eigenvalue weighted by atomic mass is 10.2. The van der Waals surface area contributed by atoms with Gasteiger partial charge in [-0.15, -0.1) is 0 Å². The number of nitrogens with one attached hydrogen (secondary N) is 2. The third kappa shape index (κ3) is 2.94. The molecule has 1 aromatic rings. The van der Waals surface area contributed by atoms with Crippen LogP contribution in [0.2, 0.25) is 0 Å². The molecule has 0 saturated carbocycles. The van der Waals surface area contributed by atoms with E-state index in [1.165, 1.54) is 31.3 Å². The molecule has 0 aliphatic heterocycles. The van der Waals surface area contributed by atoms with Crippen molar-refractivity contribution in [2.24, 2.45) is 0 Å². The first kappa shape index (κ1) is 12.5. The standard InChI is InChI=1S/C9H12N2O4S/c1-10-9(13)11-16(14,15)8-4-2-7(6-12)3-5-8/h2-5,12H,6H2,1H3,(H2,10,11,13). The van der Waals surface area contributed by atoms with E-state index in [0.717, 1.165) is 0 Å². The Balaban J connectivity index is 2.94. The monoisotopic (exact) mass is 244 g/mol. The minimum atomic E-state index is -3.84. The molecule has 0 aromatic heterocycles. The second kappa shape index (κ2) is 4.95. The predicted octanol–water partition coefficient (Wildman–Crippen LogP) is -0.203. The van der Waals surface area contributed by atoms with Crippen LogP contribution in [0.5, 0.6) is 0 Å². The average molecular weight is 244 g/mol. The Kier molecular flexibility index (Phi) is 3.86. The molecule has 0 heterocycles. The van der Waals surface area contributed by atoms with E-state index < -0.39 is 16.1 Å². The molecule has 0 atom stereocenters. The molecule has 2 amide bonds. The van der Waals surface area contributed by atoms with Crippen molar-refractivity contribution >= 4 is 16.1 Å². The van der Waals surface area contributed by atoms with Crippen LogP contribution >= 0.6 is 0 Å². The molecule has 3 N–H and O–H groups in total. The van der Waals surface area contributed by atoms with Crippen molar-refractivity contribution in [3.05, 3.63) is 29.8 Å². The van der Waals surface area contributed by atoms with E-state index in [0.29, 0.717) is 5.56 Å². The van der Waals surface area contributed by atoms with Gasteiger partial charge in [0, 0.05) is 7.05 Å². The zero-order valence-electron chi connectivity index (χ0n) is 8.60. The summed E-state index contributed by atoms with van der Waals surface area (Å²) in [7, 11) is -2.52. The maximum atomic E-state index is 11.6. The molecular formula is C9H12N2O4S. The molecule has 0 bridgehead atoms. The van der Waals surface area contributed by atoms with Gasteiger partial charge in [0.15, 0.2) is 0 Å². The van der Waals surface area contributed by atoms with Gasteiger partial charge in [-0.2, -0.15) is 0 Å². The van der Waals surface area contributed by atoms with Crippen LogP contribution in [0.25, 0.3) is 0 Å². The molecule has 0 spiro atoms. The number of amides is 2. The normalized spacial score (nSPS) is 10.9. The van der Waals surface area contributed by atoms with Crippen LogP contribution < -0.4 is 10.0 Å². The Morgan fingerprint density at radius 3 is 2.31 bits per heavy atom. The summed E-state index contributed by atoms with van der Waals surface area (Å²) in [6.07, 6.45) is 0. The molecule has 16 heavy (non-hydrogen) atoms. The summed E-state index contributed by atoms with van der Waals surface area (Å²) in [6.45, 7) is -0.163. The molecule has 0 fully saturated rings. The highest BCUT2D eigenvalue weighted by Gasteiger charge is 2.16. The fourth-order valence-electron chi connectivity index (χ4n) is 1.01. The summed E-state index contributed by atoms with van der Waals surface area (Å²) in [6, 6.07) is 4.77. The Labute approximate surface area is 93.3 Å². The fourth-order valence-corrected chi connectivity index (χ4v) is 1.96. The zero-order valence-corrected chi connectivity index (χ0v) is 9.41. The largest absolute Gasteiger partial charge is 0.392 e. The average Bonchev–Trinajstić information content (AvgIpc) is 2.28. The minimum absolute atomic E-state index is 0.0340. The van der Waals surface area contributed by atoms with Crippen molar-refractivity contribution in [3.63, 3.8) is 0 Å². The summed E-state index contributed by atoms with van der Waals surface area (Å²) in [5.74, 6) is 0. The van der Waals surface area contributed by atoms with Crippen LogP contribution in [-0.4, -0.2) is 26.6 Å². The maximum absolute atomic E-state index is 11.6. The summed E-state index contributed by atoms with van der Waals surface area (Å²) in [4.78, 5) is 10.8. The van der Waals surface area contributed by atoms with Crippen molar-refractivity contribution < 1.29 is 18.3 Å². The SMILES string of the molecule is CNC(=O)NS(=O)(=O)c1ccc(CO)cc1. The van der Waals surface area contributed by atoms with E-state index in [-0.39, 0.29) is 11.5 Å². The Morgan fingerprint density at radius 2 is 1.88 bits per heavy atom. The number of aliphatic hydroxyl groups is 1. The van der Waals surface area contributed by atoms with E-state index in [9.17, 15) is 13.2 Å². The third-order valence-electron chi connectivity index (χ3n) is 1.87. The topological polar surface area (TPSA) is 95.5 Å². The van der Waals surface area contributed by atoms with E-state index in [2.05, 4.69) is 5.32 Å². The summed E-state index contributed by atoms with van der Waals surface area (Å²) < 4.78 is 25.0. The number of aliphatic hydroxyl groups excluding tert-OH is 1. The van der Waals surface area contributed by atoms with Crippen molar-refractivity contribution in [1.29, 1.82) is 0 Å². The highest BCUT2D eigenvalue weighted by atomic mass is 32.2. The molecule has 1 aromatic carbocycles. The van der Waals surface area contributed by atoms with E-state index in [1.54, 1.807) is 0 Å². The highest BCUT2D eigenvalue weighted by molar-refractivity contribution is 7.90. The van der Waals surface area contributed by atoms with Crippen molar-refractivity contribution in [2.45, 2.75) is 11.5 Å². The molecule has 1 rings (SSSR count). The molecule has 88 valence electrons. The van der Waals surface area contributed by atoms with Gasteiger partial charge in [-0.3, -0.25) is 0 Å². The third-order valence-corrected chi connectivity index (χ3v) is 3.22. The lowest BCUT2D eigenvalue weighted by Gasteiger charge is -2.06. The Bertz CT molecular complexity index is 467. The lowest BCUT2D eigenvalue weighted by Crippen LogP contribution is -2.37. The van der Waals surface area contributed by atoms with Gasteiger partial charge >= 0.3 is 6.03 Å². The van der Waals surface area contributed by atoms with Gasteiger partial charge in [-0.1, -0.05) is 12.1 Å². The molecule has 0 aliphatic rings. The van der Waals surface area contributed by atoms with Crippen molar-refractivity contribution in [3.8, 4) is 0 Å². The number of carbonyl (C=O) groups is 1. The van der Waals surface area contributed by atoms with Gasteiger partial charge in [0.25, 0.3) is 10.0 Å². The fraction of sp³-hybridized carbons (Fsp3) is 0.222. The lowest BCUT2D eigenvalue weighted by molar-refractivity contribution is 0.247. The van der Waals surface area contributed by atoms with Crippen LogP contribution in [0.15, 0.2) is 29.2 Å². The highest BCUT2D eigenvalue weighted by Crippen LogP contribution is 2.10. The van der Waals surface area contributed by atoms with Gasteiger partial charge in [0.2, 0.25) is 0 Å². The number of benzene rings is 1. The van der Waals surface area contributed by atoms with Crippen molar-refractivity contribution in [1.82, 2.24) is 10.0 Å². The number of urea groups is 1. The number of sulfonamides is 1. The molecule has 0 unspecified atom stereocenters. The first-order valence-electron chi connectivity index (χ1n) is 4.44. The van der Waals surface area contributed by atoms with E-state index >= 15 is 0 Å². The molecule has 0 aliphatic carbocycles. The van der Waals surface area contributed by atoms with Crippen LogP contribution in [-0.2, 0) is 16.6 Å². The minimum Gasteiger partial charge on any atom is -0.392 e. The van der Waals surface area contributed by atoms with Crippen LogP contribution in [0.1, 0.15) is 5.56 Å². The predicted molar refractivity (Wildman–Crippen MR) is 57.1 cm³/mol. The van der Waals surface area contributed by atoms with E-state index in [4.69, 9.17) is 5.11 Å². The summed E-state index contributed by atoms with van der Waals surface area (Å²) in [5, 5.41) is 10.9. The number of carbonyl (C=O) groups excluding carboxylic acids is 1.